The van der Waals surface area contributed by atoms with Crippen molar-refractivity contribution in [3.8, 4) is 0 Å². The minimum atomic E-state index is -0.430. The van der Waals surface area contributed by atoms with Gasteiger partial charge in [-0.2, -0.15) is 0 Å². The van der Waals surface area contributed by atoms with Crippen molar-refractivity contribution < 1.29 is 13.9 Å². The molecule has 1 aromatic rings. The standard InChI is InChI=1S/C18H31NO3/c1-4-6-8-10-12-15(11-9-7-5-2)13-17-19-16(14-22-17)18(20)21-3/h14-15H,4-13H2,1-3H3. The van der Waals surface area contributed by atoms with E-state index in [0.29, 0.717) is 11.8 Å². The van der Waals surface area contributed by atoms with Gasteiger partial charge in [-0.05, 0) is 18.8 Å². The van der Waals surface area contributed by atoms with E-state index in [1.807, 2.05) is 0 Å². The van der Waals surface area contributed by atoms with Crippen LogP contribution in [0.2, 0.25) is 0 Å². The molecular formula is C18H31NO3. The Bertz CT molecular complexity index is 414. The number of oxazole rings is 1. The molecule has 0 aliphatic carbocycles. The van der Waals surface area contributed by atoms with Crippen molar-refractivity contribution in [3.63, 3.8) is 0 Å². The Balaban J connectivity index is 2.50. The molecule has 0 bridgehead atoms. The molecule has 1 unspecified atom stereocenters. The van der Waals surface area contributed by atoms with Gasteiger partial charge < -0.3 is 9.15 Å². The first kappa shape index (κ1) is 18.7. The molecule has 126 valence electrons. The monoisotopic (exact) mass is 309 g/mol. The quantitative estimate of drug-likeness (QED) is 0.395. The van der Waals surface area contributed by atoms with Gasteiger partial charge in [0.15, 0.2) is 11.6 Å². The summed E-state index contributed by atoms with van der Waals surface area (Å²) < 4.78 is 10.1. The summed E-state index contributed by atoms with van der Waals surface area (Å²) in [5.41, 5.74) is 0.274. The number of nitrogens with zero attached hydrogens (tertiary/aromatic N) is 1. The fraction of sp³-hybridized carbons (Fsp3) is 0.778. The summed E-state index contributed by atoms with van der Waals surface area (Å²) in [6, 6.07) is 0. The minimum absolute atomic E-state index is 0.274. The lowest BCUT2D eigenvalue weighted by Crippen LogP contribution is -2.07. The first-order valence-corrected chi connectivity index (χ1v) is 8.73. The molecule has 1 rings (SSSR count). The predicted octanol–water partition coefficient (Wildman–Crippen LogP) is 5.17. The number of methoxy groups -OCH3 is 1. The molecule has 0 N–H and O–H groups in total. The van der Waals surface area contributed by atoms with Crippen LogP contribution >= 0.6 is 0 Å². The molecule has 1 heterocycles. The number of carbonyl (C=O) groups is 1. The van der Waals surface area contributed by atoms with E-state index < -0.39 is 5.97 Å². The van der Waals surface area contributed by atoms with Crippen LogP contribution in [-0.4, -0.2) is 18.1 Å². The summed E-state index contributed by atoms with van der Waals surface area (Å²) in [6.45, 7) is 4.47. The number of carbonyl (C=O) groups excluding carboxylic acids is 1. The smallest absolute Gasteiger partial charge is 0.360 e. The van der Waals surface area contributed by atoms with Gasteiger partial charge in [0, 0.05) is 6.42 Å². The van der Waals surface area contributed by atoms with Gasteiger partial charge in [-0.1, -0.05) is 58.8 Å². The van der Waals surface area contributed by atoms with Crippen molar-refractivity contribution in [1.82, 2.24) is 4.98 Å². The van der Waals surface area contributed by atoms with Gasteiger partial charge in [-0.25, -0.2) is 9.78 Å². The lowest BCUT2D eigenvalue weighted by atomic mass is 9.92. The summed E-state index contributed by atoms with van der Waals surface area (Å²) in [5.74, 6) is 0.838. The predicted molar refractivity (Wildman–Crippen MR) is 87.9 cm³/mol. The normalized spacial score (nSPS) is 12.3. The summed E-state index contributed by atoms with van der Waals surface area (Å²) >= 11 is 0. The molecule has 4 heteroatoms. The first-order chi connectivity index (χ1) is 10.7. The Morgan fingerprint density at radius 3 is 2.41 bits per heavy atom. The summed E-state index contributed by atoms with van der Waals surface area (Å²) in [5, 5.41) is 0. The first-order valence-electron chi connectivity index (χ1n) is 8.73. The van der Waals surface area contributed by atoms with Crippen molar-refractivity contribution in [1.29, 1.82) is 0 Å². The molecule has 0 aromatic carbocycles. The average Bonchev–Trinajstić information content (AvgIpc) is 2.99. The molecule has 0 amide bonds. The molecule has 22 heavy (non-hydrogen) atoms. The largest absolute Gasteiger partial charge is 0.464 e. The lowest BCUT2D eigenvalue weighted by molar-refractivity contribution is 0.0594. The fourth-order valence-electron chi connectivity index (χ4n) is 2.74. The molecule has 4 nitrogen and oxygen atoms in total. The number of rotatable bonds is 12. The third kappa shape index (κ3) is 7.10. The van der Waals surface area contributed by atoms with E-state index >= 15 is 0 Å². The number of esters is 1. The second kappa shape index (κ2) is 11.3. The molecular weight excluding hydrogens is 278 g/mol. The van der Waals surface area contributed by atoms with E-state index in [9.17, 15) is 4.79 Å². The van der Waals surface area contributed by atoms with Gasteiger partial charge in [0.05, 0.1) is 7.11 Å². The van der Waals surface area contributed by atoms with Gasteiger partial charge in [0.25, 0.3) is 0 Å². The Morgan fingerprint density at radius 1 is 1.14 bits per heavy atom. The maximum atomic E-state index is 11.4. The topological polar surface area (TPSA) is 52.3 Å². The van der Waals surface area contributed by atoms with Crippen LogP contribution in [0, 0.1) is 5.92 Å². The zero-order valence-electron chi connectivity index (χ0n) is 14.4. The van der Waals surface area contributed by atoms with Crippen LogP contribution in [0.1, 0.15) is 88.0 Å². The molecule has 0 aliphatic heterocycles. The summed E-state index contributed by atoms with van der Waals surface area (Å²) in [7, 11) is 1.36. The average molecular weight is 309 g/mol. The fourth-order valence-corrected chi connectivity index (χ4v) is 2.74. The van der Waals surface area contributed by atoms with Crippen molar-refractivity contribution in [2.45, 2.75) is 78.1 Å². The Kier molecular flexibility index (Phi) is 9.60. The number of aromatic nitrogens is 1. The third-order valence-electron chi connectivity index (χ3n) is 4.09. The zero-order chi connectivity index (χ0) is 16.2. The van der Waals surface area contributed by atoms with Crippen molar-refractivity contribution in [2.75, 3.05) is 7.11 Å². The molecule has 1 aromatic heterocycles. The summed E-state index contributed by atoms with van der Waals surface area (Å²) in [4.78, 5) is 15.7. The second-order valence-corrected chi connectivity index (χ2v) is 6.03. The highest BCUT2D eigenvalue weighted by molar-refractivity contribution is 5.86. The van der Waals surface area contributed by atoms with Crippen LogP contribution in [0.4, 0.5) is 0 Å². The molecule has 0 spiro atoms. The minimum Gasteiger partial charge on any atom is -0.464 e. The van der Waals surface area contributed by atoms with Crippen molar-refractivity contribution in [2.24, 2.45) is 5.92 Å². The third-order valence-corrected chi connectivity index (χ3v) is 4.09. The van der Waals surface area contributed by atoms with Crippen LogP contribution < -0.4 is 0 Å². The van der Waals surface area contributed by atoms with Gasteiger partial charge in [-0.15, -0.1) is 0 Å². The number of ether oxygens (including phenoxy) is 1. The summed E-state index contributed by atoms with van der Waals surface area (Å²) in [6.07, 6.45) is 13.6. The molecule has 1 atom stereocenters. The zero-order valence-corrected chi connectivity index (χ0v) is 14.4. The van der Waals surface area contributed by atoms with E-state index in [0.717, 1.165) is 6.42 Å². The second-order valence-electron chi connectivity index (χ2n) is 6.03. The molecule has 0 saturated carbocycles. The van der Waals surface area contributed by atoms with Crippen molar-refractivity contribution in [3.05, 3.63) is 17.8 Å². The van der Waals surface area contributed by atoms with Gasteiger partial charge in [-0.3, -0.25) is 0 Å². The number of unbranched alkanes of at least 4 members (excludes halogenated alkanes) is 5. The van der Waals surface area contributed by atoms with Crippen LogP contribution in [0.25, 0.3) is 0 Å². The molecule has 0 radical (unpaired) electrons. The highest BCUT2D eigenvalue weighted by Gasteiger charge is 2.16. The highest BCUT2D eigenvalue weighted by atomic mass is 16.5. The number of hydrogen-bond donors (Lipinski definition) is 0. The van der Waals surface area contributed by atoms with E-state index in [2.05, 4.69) is 23.6 Å². The SMILES string of the molecule is CCCCCCC(CCCCC)Cc1nc(C(=O)OC)co1. The van der Waals surface area contributed by atoms with E-state index in [-0.39, 0.29) is 5.69 Å². The lowest BCUT2D eigenvalue weighted by Gasteiger charge is -2.14. The maximum Gasteiger partial charge on any atom is 0.360 e. The van der Waals surface area contributed by atoms with E-state index in [1.54, 1.807) is 0 Å². The number of hydrogen-bond acceptors (Lipinski definition) is 4. The van der Waals surface area contributed by atoms with Crippen LogP contribution in [-0.2, 0) is 11.2 Å². The Labute approximate surface area is 134 Å². The van der Waals surface area contributed by atoms with Crippen LogP contribution in [0.3, 0.4) is 0 Å². The molecule has 0 fully saturated rings. The van der Waals surface area contributed by atoms with Crippen molar-refractivity contribution >= 4 is 5.97 Å². The van der Waals surface area contributed by atoms with Gasteiger partial charge in [0.2, 0.25) is 0 Å². The molecule has 0 saturated heterocycles. The van der Waals surface area contributed by atoms with Gasteiger partial charge in [0.1, 0.15) is 6.26 Å². The van der Waals surface area contributed by atoms with E-state index in [1.165, 1.54) is 71.2 Å². The van der Waals surface area contributed by atoms with E-state index in [4.69, 9.17) is 4.42 Å². The highest BCUT2D eigenvalue weighted by Crippen LogP contribution is 2.22. The molecule has 0 aliphatic rings. The van der Waals surface area contributed by atoms with Crippen LogP contribution in [0.5, 0.6) is 0 Å². The Morgan fingerprint density at radius 2 is 1.77 bits per heavy atom. The van der Waals surface area contributed by atoms with Crippen LogP contribution in [0.15, 0.2) is 10.7 Å². The Hall–Kier alpha value is -1.32. The van der Waals surface area contributed by atoms with Gasteiger partial charge >= 0.3 is 5.97 Å². The maximum absolute atomic E-state index is 11.4.